The molecule has 2 unspecified atom stereocenters. The zero-order valence-corrected chi connectivity index (χ0v) is 23.7. The summed E-state index contributed by atoms with van der Waals surface area (Å²) in [5.41, 5.74) is 0. The van der Waals surface area contributed by atoms with Gasteiger partial charge in [-0.1, -0.05) is 117 Å². The number of hydrogen-bond acceptors (Lipinski definition) is 3. The Kier molecular flexibility index (Phi) is 20.1. The van der Waals surface area contributed by atoms with Crippen molar-refractivity contribution in [3.05, 3.63) is 0 Å². The lowest BCUT2D eigenvalue weighted by Crippen LogP contribution is -2.46. The summed E-state index contributed by atoms with van der Waals surface area (Å²) in [5.74, 6) is 0.289. The highest BCUT2D eigenvalue weighted by Gasteiger charge is 2.43. The summed E-state index contributed by atoms with van der Waals surface area (Å²) in [6, 6.07) is 0.759. The second kappa shape index (κ2) is 19.8. The van der Waals surface area contributed by atoms with Crippen molar-refractivity contribution >= 4 is 20.4 Å². The van der Waals surface area contributed by atoms with Gasteiger partial charge in [-0.15, -0.1) is 11.6 Å². The maximum atomic E-state index is 6.88. The van der Waals surface area contributed by atoms with Crippen LogP contribution in [0.2, 0.25) is 6.04 Å². The van der Waals surface area contributed by atoms with Crippen LogP contribution in [0.3, 0.4) is 0 Å². The van der Waals surface area contributed by atoms with Crippen molar-refractivity contribution in [1.29, 1.82) is 0 Å². The van der Waals surface area contributed by atoms with Crippen LogP contribution in [0, 0.1) is 5.92 Å². The van der Waals surface area contributed by atoms with Crippen LogP contribution in [0.25, 0.3) is 0 Å². The third-order valence-corrected chi connectivity index (χ3v) is 10.6. The maximum absolute atomic E-state index is 6.88. The van der Waals surface area contributed by atoms with E-state index in [0.717, 1.165) is 12.5 Å². The molecule has 5 heteroatoms. The van der Waals surface area contributed by atoms with E-state index in [9.17, 15) is 0 Å². The van der Waals surface area contributed by atoms with E-state index in [0.29, 0.717) is 0 Å². The highest BCUT2D eigenvalue weighted by Crippen LogP contribution is 2.36. The summed E-state index contributed by atoms with van der Waals surface area (Å²) in [6.07, 6.45) is 23.4. The van der Waals surface area contributed by atoms with Gasteiger partial charge in [0.2, 0.25) is 0 Å². The quantitative estimate of drug-likeness (QED) is 0.0831. The second-order valence-electron chi connectivity index (χ2n) is 9.73. The van der Waals surface area contributed by atoms with E-state index in [4.69, 9.17) is 24.9 Å². The Labute approximate surface area is 201 Å². The average molecular weight is 479 g/mol. The number of halogens is 1. The Morgan fingerprint density at radius 3 is 1.29 bits per heavy atom. The fourth-order valence-corrected chi connectivity index (χ4v) is 6.89. The third-order valence-electron chi connectivity index (χ3n) is 7.04. The van der Waals surface area contributed by atoms with Gasteiger partial charge in [0.1, 0.15) is 0 Å². The van der Waals surface area contributed by atoms with E-state index < -0.39 is 8.80 Å². The minimum Gasteiger partial charge on any atom is -0.377 e. The molecule has 0 spiro atoms. The van der Waals surface area contributed by atoms with Gasteiger partial charge >= 0.3 is 8.80 Å². The molecule has 0 rings (SSSR count). The second-order valence-corrected chi connectivity index (χ2v) is 13.6. The van der Waals surface area contributed by atoms with Gasteiger partial charge in [0.25, 0.3) is 0 Å². The number of hydrogen-bond donors (Lipinski definition) is 0. The lowest BCUT2D eigenvalue weighted by molar-refractivity contribution is 0.116. The smallest absolute Gasteiger partial charge is 0.377 e. The molecule has 31 heavy (non-hydrogen) atoms. The Morgan fingerprint density at radius 1 is 0.645 bits per heavy atom. The van der Waals surface area contributed by atoms with E-state index >= 15 is 0 Å². The first-order valence-corrected chi connectivity index (χ1v) is 15.5. The van der Waals surface area contributed by atoms with Crippen LogP contribution < -0.4 is 0 Å². The topological polar surface area (TPSA) is 27.7 Å². The van der Waals surface area contributed by atoms with Crippen molar-refractivity contribution in [2.75, 3.05) is 21.3 Å². The lowest BCUT2D eigenvalue weighted by atomic mass is 9.90. The standard InChI is InChI=1S/C26H55ClO3Si/c1-7-8-9-10-11-12-13-14-15-16-17-18-19-20-21-22-23-26(3,27)25(2)24-31(28-4,29-5)30-6/h25H,7-24H2,1-6H3. The van der Waals surface area contributed by atoms with Gasteiger partial charge in [-0.3, -0.25) is 0 Å². The zero-order valence-electron chi connectivity index (χ0n) is 21.9. The number of unbranched alkanes of at least 4 members (excludes halogenated alkanes) is 15. The van der Waals surface area contributed by atoms with E-state index in [2.05, 4.69) is 20.8 Å². The molecule has 2 atom stereocenters. The first kappa shape index (κ1) is 31.4. The monoisotopic (exact) mass is 478 g/mol. The molecule has 0 radical (unpaired) electrons. The van der Waals surface area contributed by atoms with Crippen molar-refractivity contribution < 1.29 is 13.3 Å². The molecule has 0 aliphatic carbocycles. The number of alkyl halides is 1. The lowest BCUT2D eigenvalue weighted by Gasteiger charge is -2.34. The third kappa shape index (κ3) is 15.8. The Balaban J connectivity index is 3.62. The Morgan fingerprint density at radius 2 is 0.968 bits per heavy atom. The Bertz CT molecular complexity index is 381. The summed E-state index contributed by atoms with van der Waals surface area (Å²) in [6.45, 7) is 6.64. The minimum atomic E-state index is -2.57. The van der Waals surface area contributed by atoms with Gasteiger partial charge in [0, 0.05) is 32.2 Å². The highest BCUT2D eigenvalue weighted by molar-refractivity contribution is 6.60. The SMILES string of the molecule is CCCCCCCCCCCCCCCCCCC(C)(Cl)C(C)C[Si](OC)(OC)OC. The predicted octanol–water partition coefficient (Wildman–Crippen LogP) is 9.15. The summed E-state index contributed by atoms with van der Waals surface area (Å²) < 4.78 is 16.7. The van der Waals surface area contributed by atoms with Crippen molar-refractivity contribution in [3.63, 3.8) is 0 Å². The minimum absolute atomic E-state index is 0.232. The largest absolute Gasteiger partial charge is 0.500 e. The Hall–Kier alpha value is 0.387. The first-order valence-electron chi connectivity index (χ1n) is 13.2. The molecule has 0 aromatic carbocycles. The molecular weight excluding hydrogens is 424 g/mol. The van der Waals surface area contributed by atoms with Crippen LogP contribution in [0.4, 0.5) is 0 Å². The van der Waals surface area contributed by atoms with Gasteiger partial charge in [-0.2, -0.15) is 0 Å². The van der Waals surface area contributed by atoms with Gasteiger partial charge in [-0.25, -0.2) is 0 Å². The van der Waals surface area contributed by atoms with Crippen LogP contribution in [-0.4, -0.2) is 35.0 Å². The van der Waals surface area contributed by atoms with Gasteiger partial charge in [0.05, 0.1) is 0 Å². The molecule has 0 bridgehead atoms. The molecule has 0 amide bonds. The van der Waals surface area contributed by atoms with Crippen molar-refractivity contribution in [2.24, 2.45) is 5.92 Å². The number of rotatable bonds is 23. The maximum Gasteiger partial charge on any atom is 0.500 e. The average Bonchev–Trinajstić information content (AvgIpc) is 2.77. The van der Waals surface area contributed by atoms with Crippen LogP contribution in [0.5, 0.6) is 0 Å². The van der Waals surface area contributed by atoms with E-state index in [-0.39, 0.29) is 10.8 Å². The summed E-state index contributed by atoms with van der Waals surface area (Å²) in [7, 11) is 2.46. The first-order chi connectivity index (χ1) is 14.9. The van der Waals surface area contributed by atoms with Crippen LogP contribution in [0.15, 0.2) is 0 Å². The molecule has 0 saturated heterocycles. The molecule has 0 fully saturated rings. The highest BCUT2D eigenvalue weighted by atomic mass is 35.5. The zero-order chi connectivity index (χ0) is 23.4. The normalized spacial score (nSPS) is 15.2. The van der Waals surface area contributed by atoms with Gasteiger partial charge in [0.15, 0.2) is 0 Å². The predicted molar refractivity (Wildman–Crippen MR) is 139 cm³/mol. The molecule has 0 aromatic heterocycles. The molecule has 0 N–H and O–H groups in total. The molecule has 188 valence electrons. The summed E-state index contributed by atoms with van der Waals surface area (Å²) in [5, 5.41) is 0. The van der Waals surface area contributed by atoms with Crippen LogP contribution >= 0.6 is 11.6 Å². The fourth-order valence-electron chi connectivity index (χ4n) is 4.35. The summed E-state index contributed by atoms with van der Waals surface area (Å²) in [4.78, 5) is -0.232. The van der Waals surface area contributed by atoms with E-state index in [1.54, 1.807) is 21.3 Å². The van der Waals surface area contributed by atoms with Crippen molar-refractivity contribution in [3.8, 4) is 0 Å². The molecule has 0 heterocycles. The van der Waals surface area contributed by atoms with Gasteiger partial charge < -0.3 is 13.3 Å². The molecule has 0 aromatic rings. The van der Waals surface area contributed by atoms with Crippen molar-refractivity contribution in [2.45, 2.75) is 141 Å². The van der Waals surface area contributed by atoms with Crippen LogP contribution in [-0.2, 0) is 13.3 Å². The molecule has 0 aliphatic rings. The molecule has 0 saturated carbocycles. The van der Waals surface area contributed by atoms with Crippen LogP contribution in [0.1, 0.15) is 130 Å². The fraction of sp³-hybridized carbons (Fsp3) is 1.00. The summed E-state index contributed by atoms with van der Waals surface area (Å²) >= 11 is 6.88. The van der Waals surface area contributed by atoms with Gasteiger partial charge in [-0.05, 0) is 19.3 Å². The van der Waals surface area contributed by atoms with Crippen molar-refractivity contribution in [1.82, 2.24) is 0 Å². The van der Waals surface area contributed by atoms with E-state index in [1.807, 2.05) is 0 Å². The molecular formula is C26H55ClO3Si. The molecule has 3 nitrogen and oxygen atoms in total. The molecule has 0 aliphatic heterocycles. The van der Waals surface area contributed by atoms with E-state index in [1.165, 1.54) is 103 Å².